The highest BCUT2D eigenvalue weighted by Crippen LogP contribution is 2.28. The summed E-state index contributed by atoms with van der Waals surface area (Å²) in [5.74, 6) is 0. The number of nitrogens with two attached hydrogens (primary N) is 1. The van der Waals surface area contributed by atoms with Crippen LogP contribution in [0.4, 0.5) is 0 Å². The van der Waals surface area contributed by atoms with Gasteiger partial charge < -0.3 is 5.73 Å². The molecule has 0 aromatic heterocycles. The van der Waals surface area contributed by atoms with E-state index in [1.165, 1.54) is 11.1 Å². The molecule has 1 aliphatic rings. The average Bonchev–Trinajstić information content (AvgIpc) is 2.56. The predicted octanol–water partition coefficient (Wildman–Crippen LogP) is 2.24. The van der Waals surface area contributed by atoms with Crippen molar-refractivity contribution in [1.82, 2.24) is 0 Å². The summed E-state index contributed by atoms with van der Waals surface area (Å²) in [6.45, 7) is 4.48. The van der Waals surface area contributed by atoms with Crippen LogP contribution in [0.5, 0.6) is 0 Å². The molecule has 1 nitrogen and oxygen atoms in total. The Kier molecular flexibility index (Phi) is 2.60. The van der Waals surface area contributed by atoms with E-state index in [4.69, 9.17) is 5.73 Å². The molecule has 0 fully saturated rings. The van der Waals surface area contributed by atoms with Gasteiger partial charge in [-0.1, -0.05) is 26.0 Å². The maximum absolute atomic E-state index is 6.00. The van der Waals surface area contributed by atoms with E-state index >= 15 is 0 Å². The first-order valence-corrected chi connectivity index (χ1v) is 5.64. The van der Waals surface area contributed by atoms with Crippen molar-refractivity contribution in [1.29, 1.82) is 0 Å². The van der Waals surface area contributed by atoms with E-state index < -0.39 is 0 Å². The molecule has 0 saturated carbocycles. The number of hydrogen-bond donors (Lipinski definition) is 1. The Morgan fingerprint density at radius 3 is 2.64 bits per heavy atom. The fourth-order valence-corrected chi connectivity index (χ4v) is 2.62. The molecule has 1 heteroatoms. The van der Waals surface area contributed by atoms with Crippen LogP contribution in [0.3, 0.4) is 0 Å². The lowest BCUT2D eigenvalue weighted by Crippen LogP contribution is -2.19. The molecule has 1 unspecified atom stereocenters. The highest BCUT2D eigenvalue weighted by molar-refractivity contribution is 5.45. The Hall–Kier alpha value is -0.820. The molecule has 2 N–H and O–H groups in total. The predicted molar refractivity (Wildman–Crippen MR) is 60.6 cm³/mol. The van der Waals surface area contributed by atoms with Gasteiger partial charge in [0.25, 0.3) is 0 Å². The Morgan fingerprint density at radius 2 is 2.00 bits per heavy atom. The first-order chi connectivity index (χ1) is 6.76. The first-order valence-electron chi connectivity index (χ1n) is 5.64. The number of benzene rings is 1. The van der Waals surface area contributed by atoms with Crippen molar-refractivity contribution in [2.24, 2.45) is 5.73 Å². The quantitative estimate of drug-likeness (QED) is 0.758. The van der Waals surface area contributed by atoms with Crippen molar-refractivity contribution in [2.45, 2.75) is 45.6 Å². The van der Waals surface area contributed by atoms with Gasteiger partial charge in [0.1, 0.15) is 0 Å². The second-order valence-corrected chi connectivity index (χ2v) is 4.22. The lowest BCUT2D eigenvalue weighted by atomic mass is 9.94. The number of fused-ring (bicyclic) bond motifs is 1. The van der Waals surface area contributed by atoms with Gasteiger partial charge in [0.05, 0.1) is 0 Å². The standard InChI is InChI=1S/C13H19N/c1-3-9-5-6-10-7-11(14)8-13(10)12(9)4-2/h5-6,11H,3-4,7-8,14H2,1-2H3. The van der Waals surface area contributed by atoms with Gasteiger partial charge in [0.2, 0.25) is 0 Å². The van der Waals surface area contributed by atoms with Crippen molar-refractivity contribution in [3.63, 3.8) is 0 Å². The summed E-state index contributed by atoms with van der Waals surface area (Å²) >= 11 is 0. The summed E-state index contributed by atoms with van der Waals surface area (Å²) in [5.41, 5.74) is 12.1. The summed E-state index contributed by atoms with van der Waals surface area (Å²) < 4.78 is 0. The van der Waals surface area contributed by atoms with Gasteiger partial charge in [-0.25, -0.2) is 0 Å². The van der Waals surface area contributed by atoms with Gasteiger partial charge in [0.15, 0.2) is 0 Å². The lowest BCUT2D eigenvalue weighted by Gasteiger charge is -2.11. The Bertz CT molecular complexity index is 341. The van der Waals surface area contributed by atoms with Gasteiger partial charge in [-0.15, -0.1) is 0 Å². The maximum Gasteiger partial charge on any atom is 0.0120 e. The van der Waals surface area contributed by atoms with E-state index in [1.54, 1.807) is 11.1 Å². The molecule has 14 heavy (non-hydrogen) atoms. The van der Waals surface area contributed by atoms with E-state index in [0.29, 0.717) is 6.04 Å². The molecule has 76 valence electrons. The van der Waals surface area contributed by atoms with E-state index in [2.05, 4.69) is 26.0 Å². The van der Waals surface area contributed by atoms with E-state index in [9.17, 15) is 0 Å². The molecule has 1 atom stereocenters. The summed E-state index contributed by atoms with van der Waals surface area (Å²) in [7, 11) is 0. The molecule has 0 saturated heterocycles. The van der Waals surface area contributed by atoms with Crippen LogP contribution in [-0.4, -0.2) is 6.04 Å². The van der Waals surface area contributed by atoms with Crippen molar-refractivity contribution >= 4 is 0 Å². The lowest BCUT2D eigenvalue weighted by molar-refractivity contribution is 0.719. The zero-order valence-corrected chi connectivity index (χ0v) is 9.14. The van der Waals surface area contributed by atoms with Crippen LogP contribution in [0.15, 0.2) is 12.1 Å². The molecule has 0 radical (unpaired) electrons. The normalized spacial score (nSPS) is 19.8. The summed E-state index contributed by atoms with van der Waals surface area (Å²) in [6.07, 6.45) is 4.46. The second kappa shape index (κ2) is 3.74. The largest absolute Gasteiger partial charge is 0.327 e. The Balaban J connectivity index is 2.49. The zero-order chi connectivity index (χ0) is 10.1. The molecule has 1 aromatic carbocycles. The van der Waals surface area contributed by atoms with Crippen LogP contribution in [0.1, 0.15) is 36.1 Å². The number of aryl methyl sites for hydroxylation is 1. The molecular formula is C13H19N. The van der Waals surface area contributed by atoms with Crippen LogP contribution in [0.2, 0.25) is 0 Å². The van der Waals surface area contributed by atoms with Gasteiger partial charge >= 0.3 is 0 Å². The Morgan fingerprint density at radius 1 is 1.21 bits per heavy atom. The van der Waals surface area contributed by atoms with Crippen LogP contribution < -0.4 is 5.73 Å². The highest BCUT2D eigenvalue weighted by Gasteiger charge is 2.21. The molecule has 0 spiro atoms. The monoisotopic (exact) mass is 189 g/mol. The Labute approximate surface area is 86.3 Å². The van der Waals surface area contributed by atoms with Gasteiger partial charge in [-0.3, -0.25) is 0 Å². The van der Waals surface area contributed by atoms with Crippen LogP contribution in [0.25, 0.3) is 0 Å². The third kappa shape index (κ3) is 1.46. The van der Waals surface area contributed by atoms with Crippen LogP contribution >= 0.6 is 0 Å². The van der Waals surface area contributed by atoms with Crippen LogP contribution in [0, 0.1) is 0 Å². The SMILES string of the molecule is CCc1ccc2c(c1CC)CC(N)C2. The molecule has 2 rings (SSSR count). The summed E-state index contributed by atoms with van der Waals surface area (Å²) in [6, 6.07) is 4.93. The number of rotatable bonds is 2. The summed E-state index contributed by atoms with van der Waals surface area (Å²) in [5, 5.41) is 0. The molecule has 0 bridgehead atoms. The molecule has 1 aromatic rings. The van der Waals surface area contributed by atoms with Crippen molar-refractivity contribution in [3.8, 4) is 0 Å². The first kappa shape index (κ1) is 9.72. The highest BCUT2D eigenvalue weighted by atomic mass is 14.6. The van der Waals surface area contributed by atoms with Crippen molar-refractivity contribution in [2.75, 3.05) is 0 Å². The minimum atomic E-state index is 0.363. The minimum Gasteiger partial charge on any atom is -0.327 e. The fraction of sp³-hybridized carbons (Fsp3) is 0.538. The maximum atomic E-state index is 6.00. The zero-order valence-electron chi connectivity index (χ0n) is 9.14. The second-order valence-electron chi connectivity index (χ2n) is 4.22. The van der Waals surface area contributed by atoms with Crippen molar-refractivity contribution in [3.05, 3.63) is 34.4 Å². The van der Waals surface area contributed by atoms with E-state index in [-0.39, 0.29) is 0 Å². The molecule has 0 heterocycles. The van der Waals surface area contributed by atoms with Gasteiger partial charge in [-0.05, 0) is 47.9 Å². The third-order valence-electron chi connectivity index (χ3n) is 3.31. The smallest absolute Gasteiger partial charge is 0.0120 e. The van der Waals surface area contributed by atoms with Crippen LogP contribution in [-0.2, 0) is 25.7 Å². The summed E-state index contributed by atoms with van der Waals surface area (Å²) in [4.78, 5) is 0. The van der Waals surface area contributed by atoms with E-state index in [1.807, 2.05) is 0 Å². The minimum absolute atomic E-state index is 0.363. The average molecular weight is 189 g/mol. The molecule has 0 aliphatic heterocycles. The molecule has 1 aliphatic carbocycles. The molecule has 0 amide bonds. The third-order valence-corrected chi connectivity index (χ3v) is 3.31. The number of hydrogen-bond acceptors (Lipinski definition) is 1. The van der Waals surface area contributed by atoms with Gasteiger partial charge in [-0.2, -0.15) is 0 Å². The molecular weight excluding hydrogens is 170 g/mol. The van der Waals surface area contributed by atoms with E-state index in [0.717, 1.165) is 25.7 Å². The van der Waals surface area contributed by atoms with Gasteiger partial charge in [0, 0.05) is 6.04 Å². The topological polar surface area (TPSA) is 26.0 Å². The van der Waals surface area contributed by atoms with Crippen molar-refractivity contribution < 1.29 is 0 Å². The fourth-order valence-electron chi connectivity index (χ4n) is 2.62.